The summed E-state index contributed by atoms with van der Waals surface area (Å²) < 4.78 is 0. The van der Waals surface area contributed by atoms with Gasteiger partial charge < -0.3 is 4.90 Å². The summed E-state index contributed by atoms with van der Waals surface area (Å²) in [5.41, 5.74) is 5.12. The Labute approximate surface area is 127 Å². The fourth-order valence-corrected chi connectivity index (χ4v) is 3.26. The molecule has 1 saturated heterocycles. The monoisotopic (exact) mass is 280 g/mol. The van der Waals surface area contributed by atoms with Crippen LogP contribution >= 0.6 is 0 Å². The molecule has 110 valence electrons. The van der Waals surface area contributed by atoms with Crippen LogP contribution in [-0.2, 0) is 6.42 Å². The first-order chi connectivity index (χ1) is 10.2. The van der Waals surface area contributed by atoms with Crippen LogP contribution < -0.4 is 0 Å². The minimum atomic E-state index is 0.598. The van der Waals surface area contributed by atoms with Crippen LogP contribution in [0.2, 0.25) is 0 Å². The van der Waals surface area contributed by atoms with E-state index in [9.17, 15) is 0 Å². The molecule has 0 spiro atoms. The highest BCUT2D eigenvalue weighted by Gasteiger charge is 2.20. The number of aromatic nitrogens is 1. The van der Waals surface area contributed by atoms with Gasteiger partial charge in [-0.1, -0.05) is 35.9 Å². The van der Waals surface area contributed by atoms with Crippen LogP contribution in [0, 0.1) is 6.92 Å². The molecule has 2 nitrogen and oxygen atoms in total. The van der Waals surface area contributed by atoms with Crippen molar-refractivity contribution in [3.63, 3.8) is 0 Å². The summed E-state index contributed by atoms with van der Waals surface area (Å²) in [6, 6.07) is 15.2. The minimum Gasteiger partial charge on any atom is -0.306 e. The Morgan fingerprint density at radius 1 is 1.19 bits per heavy atom. The van der Waals surface area contributed by atoms with Crippen molar-refractivity contribution in [2.24, 2.45) is 0 Å². The van der Waals surface area contributed by atoms with E-state index < -0.39 is 0 Å². The van der Waals surface area contributed by atoms with E-state index in [2.05, 4.69) is 61.3 Å². The average Bonchev–Trinajstić information content (AvgIpc) is 2.47. The van der Waals surface area contributed by atoms with E-state index in [1.807, 2.05) is 0 Å². The summed E-state index contributed by atoms with van der Waals surface area (Å²) in [7, 11) is 2.21. The first-order valence-electron chi connectivity index (χ1n) is 7.90. The van der Waals surface area contributed by atoms with Gasteiger partial charge in [-0.25, -0.2) is 0 Å². The maximum Gasteiger partial charge on any atom is 0.0450 e. The molecule has 2 heteroatoms. The highest BCUT2D eigenvalue weighted by atomic mass is 15.1. The first-order valence-corrected chi connectivity index (χ1v) is 7.90. The number of aryl methyl sites for hydroxylation is 1. The largest absolute Gasteiger partial charge is 0.306 e. The van der Waals surface area contributed by atoms with Crippen molar-refractivity contribution in [3.05, 3.63) is 65.0 Å². The lowest BCUT2D eigenvalue weighted by Crippen LogP contribution is -2.31. The van der Waals surface area contributed by atoms with Crippen LogP contribution in [0.5, 0.6) is 0 Å². The predicted molar refractivity (Wildman–Crippen MR) is 87.7 cm³/mol. The molecular weight excluding hydrogens is 256 g/mol. The Hall–Kier alpha value is -1.67. The van der Waals surface area contributed by atoms with Gasteiger partial charge in [-0.15, -0.1) is 0 Å². The predicted octanol–water partition coefficient (Wildman–Crippen LogP) is 3.79. The summed E-state index contributed by atoms with van der Waals surface area (Å²) in [6.07, 6.45) is 3.48. The van der Waals surface area contributed by atoms with Gasteiger partial charge in [-0.2, -0.15) is 0 Å². The van der Waals surface area contributed by atoms with Gasteiger partial charge in [0.15, 0.2) is 0 Å². The molecule has 0 saturated carbocycles. The molecule has 0 radical (unpaired) electrons. The normalized spacial score (nSPS) is 19.6. The fourth-order valence-electron chi connectivity index (χ4n) is 3.26. The van der Waals surface area contributed by atoms with E-state index in [0.29, 0.717) is 5.92 Å². The van der Waals surface area contributed by atoms with Crippen molar-refractivity contribution < 1.29 is 0 Å². The van der Waals surface area contributed by atoms with E-state index in [-0.39, 0.29) is 0 Å². The number of pyridine rings is 1. The minimum absolute atomic E-state index is 0.598. The molecule has 0 N–H and O–H groups in total. The number of nitrogens with zero attached hydrogens (tertiary/aromatic N) is 2. The van der Waals surface area contributed by atoms with Crippen molar-refractivity contribution in [1.29, 1.82) is 0 Å². The molecule has 1 aliphatic heterocycles. The number of hydrogen-bond donors (Lipinski definition) is 0. The van der Waals surface area contributed by atoms with Gasteiger partial charge in [0.2, 0.25) is 0 Å². The first kappa shape index (κ1) is 14.3. The lowest BCUT2D eigenvalue weighted by Gasteiger charge is -2.29. The molecule has 1 aliphatic rings. The molecule has 0 amide bonds. The van der Waals surface area contributed by atoms with Crippen LogP contribution in [0.3, 0.4) is 0 Å². The lowest BCUT2D eigenvalue weighted by atomic mass is 9.94. The second-order valence-corrected chi connectivity index (χ2v) is 6.32. The highest BCUT2D eigenvalue weighted by Crippen LogP contribution is 2.25. The third-order valence-corrected chi connectivity index (χ3v) is 4.34. The third kappa shape index (κ3) is 3.70. The SMILES string of the molecule is Cc1cccc(Cc2cccc([C@@H]3CCCN(C)C3)n2)c1. The molecule has 21 heavy (non-hydrogen) atoms. The van der Waals surface area contributed by atoms with Crippen molar-refractivity contribution >= 4 is 0 Å². The molecule has 0 aliphatic carbocycles. The van der Waals surface area contributed by atoms with Crippen molar-refractivity contribution in [3.8, 4) is 0 Å². The Morgan fingerprint density at radius 2 is 2.05 bits per heavy atom. The van der Waals surface area contributed by atoms with Crippen LogP contribution in [0.15, 0.2) is 42.5 Å². The second kappa shape index (κ2) is 6.40. The smallest absolute Gasteiger partial charge is 0.0450 e. The molecule has 1 aromatic heterocycles. The second-order valence-electron chi connectivity index (χ2n) is 6.32. The molecular formula is C19H24N2. The van der Waals surface area contributed by atoms with Crippen molar-refractivity contribution in [2.75, 3.05) is 20.1 Å². The topological polar surface area (TPSA) is 16.1 Å². The summed E-state index contributed by atoms with van der Waals surface area (Å²) >= 11 is 0. The van der Waals surface area contributed by atoms with Crippen molar-refractivity contribution in [2.45, 2.75) is 32.1 Å². The van der Waals surface area contributed by atoms with Gasteiger partial charge in [-0.05, 0) is 51.1 Å². The number of piperidine rings is 1. The summed E-state index contributed by atoms with van der Waals surface area (Å²) in [5.74, 6) is 0.598. The molecule has 0 unspecified atom stereocenters. The number of likely N-dealkylation sites (tertiary alicyclic amines) is 1. The Morgan fingerprint density at radius 3 is 2.86 bits per heavy atom. The number of benzene rings is 1. The standard InChI is InChI=1S/C19H24N2/c1-15-6-3-7-16(12-15)13-18-9-4-10-19(20-18)17-8-5-11-21(2)14-17/h3-4,6-7,9-10,12,17H,5,8,11,13-14H2,1-2H3/t17-/m1/s1. The van der Waals surface area contributed by atoms with E-state index in [1.54, 1.807) is 0 Å². The van der Waals surface area contributed by atoms with E-state index in [1.165, 1.54) is 41.9 Å². The molecule has 2 heterocycles. The van der Waals surface area contributed by atoms with Gasteiger partial charge in [0.05, 0.1) is 0 Å². The van der Waals surface area contributed by atoms with Gasteiger partial charge in [-0.3, -0.25) is 4.98 Å². The van der Waals surface area contributed by atoms with E-state index in [0.717, 1.165) is 13.0 Å². The Bertz CT molecular complexity index is 606. The van der Waals surface area contributed by atoms with Gasteiger partial charge in [0, 0.05) is 30.3 Å². The zero-order valence-electron chi connectivity index (χ0n) is 13.0. The molecule has 3 rings (SSSR count). The van der Waals surface area contributed by atoms with Crippen LogP contribution in [-0.4, -0.2) is 30.0 Å². The lowest BCUT2D eigenvalue weighted by molar-refractivity contribution is 0.248. The maximum atomic E-state index is 4.93. The summed E-state index contributed by atoms with van der Waals surface area (Å²) in [5, 5.41) is 0. The molecule has 1 fully saturated rings. The molecule has 1 aromatic carbocycles. The zero-order chi connectivity index (χ0) is 14.7. The van der Waals surface area contributed by atoms with Gasteiger partial charge in [0.1, 0.15) is 0 Å². The van der Waals surface area contributed by atoms with Crippen LogP contribution in [0.1, 0.15) is 41.3 Å². The van der Waals surface area contributed by atoms with Crippen molar-refractivity contribution in [1.82, 2.24) is 9.88 Å². The fraction of sp³-hybridized carbons (Fsp3) is 0.421. The van der Waals surface area contributed by atoms with E-state index in [4.69, 9.17) is 4.98 Å². The molecule has 1 atom stereocenters. The number of likely N-dealkylation sites (N-methyl/N-ethyl adjacent to an activating group) is 1. The summed E-state index contributed by atoms with van der Waals surface area (Å²) in [4.78, 5) is 7.35. The van der Waals surface area contributed by atoms with E-state index >= 15 is 0 Å². The van der Waals surface area contributed by atoms with Gasteiger partial charge in [0.25, 0.3) is 0 Å². The Kier molecular flexibility index (Phi) is 4.35. The third-order valence-electron chi connectivity index (χ3n) is 4.34. The average molecular weight is 280 g/mol. The number of hydrogen-bond acceptors (Lipinski definition) is 2. The quantitative estimate of drug-likeness (QED) is 0.850. The zero-order valence-corrected chi connectivity index (χ0v) is 13.0. The molecule has 2 aromatic rings. The maximum absolute atomic E-state index is 4.93. The Balaban J connectivity index is 1.76. The molecule has 0 bridgehead atoms. The van der Waals surface area contributed by atoms with Crippen LogP contribution in [0.25, 0.3) is 0 Å². The van der Waals surface area contributed by atoms with Gasteiger partial charge >= 0.3 is 0 Å². The van der Waals surface area contributed by atoms with Crippen LogP contribution in [0.4, 0.5) is 0 Å². The summed E-state index contributed by atoms with van der Waals surface area (Å²) in [6.45, 7) is 4.51. The number of rotatable bonds is 3. The highest BCUT2D eigenvalue weighted by molar-refractivity contribution is 5.27.